The first kappa shape index (κ1) is 17.8. The quantitative estimate of drug-likeness (QED) is 0.892. The van der Waals surface area contributed by atoms with E-state index in [-0.39, 0.29) is 18.6 Å². The van der Waals surface area contributed by atoms with Gasteiger partial charge in [-0.15, -0.1) is 0 Å². The minimum absolute atomic E-state index is 0.226. The van der Waals surface area contributed by atoms with Gasteiger partial charge in [-0.1, -0.05) is 31.2 Å². The van der Waals surface area contributed by atoms with Gasteiger partial charge >= 0.3 is 0 Å². The summed E-state index contributed by atoms with van der Waals surface area (Å²) in [7, 11) is -3.88. The van der Waals surface area contributed by atoms with Crippen molar-refractivity contribution >= 4 is 15.9 Å². The van der Waals surface area contributed by atoms with Crippen molar-refractivity contribution in [3.8, 4) is 0 Å². The van der Waals surface area contributed by atoms with Gasteiger partial charge < -0.3 is 0 Å². The summed E-state index contributed by atoms with van der Waals surface area (Å²) in [6.45, 7) is 1.99. The zero-order valence-corrected chi connectivity index (χ0v) is 13.8. The van der Waals surface area contributed by atoms with E-state index in [1.165, 1.54) is 0 Å². The van der Waals surface area contributed by atoms with Crippen LogP contribution in [0.25, 0.3) is 0 Å². The number of rotatable bonds is 5. The van der Waals surface area contributed by atoms with Gasteiger partial charge in [0.1, 0.15) is 0 Å². The predicted molar refractivity (Wildman–Crippen MR) is 83.5 cm³/mol. The van der Waals surface area contributed by atoms with Crippen molar-refractivity contribution in [2.45, 2.75) is 50.7 Å². The third kappa shape index (κ3) is 5.27. The molecule has 0 bridgehead atoms. The van der Waals surface area contributed by atoms with Gasteiger partial charge in [0.25, 0.3) is 0 Å². The van der Waals surface area contributed by atoms with Crippen molar-refractivity contribution < 1.29 is 22.0 Å². The van der Waals surface area contributed by atoms with Crippen LogP contribution in [0, 0.1) is 5.92 Å². The fraction of sp³-hybridized carbons (Fsp3) is 0.562. The lowest BCUT2D eigenvalue weighted by atomic mass is 9.86. The van der Waals surface area contributed by atoms with Crippen LogP contribution in [0.4, 0.5) is 8.78 Å². The predicted octanol–water partition coefficient (Wildman–Crippen LogP) is 3.02. The molecule has 1 atom stereocenters. The van der Waals surface area contributed by atoms with Crippen molar-refractivity contribution in [3.05, 3.63) is 35.4 Å². The van der Waals surface area contributed by atoms with E-state index in [1.807, 2.05) is 23.8 Å². The molecule has 2 rings (SSSR count). The second kappa shape index (κ2) is 6.95. The Morgan fingerprint density at radius 2 is 1.87 bits per heavy atom. The summed E-state index contributed by atoms with van der Waals surface area (Å²) >= 11 is 0. The lowest BCUT2D eigenvalue weighted by Gasteiger charge is -2.27. The van der Waals surface area contributed by atoms with E-state index >= 15 is 0 Å². The molecule has 0 saturated heterocycles. The van der Waals surface area contributed by atoms with E-state index in [0.29, 0.717) is 12.0 Å². The molecule has 1 saturated carbocycles. The molecule has 128 valence electrons. The van der Waals surface area contributed by atoms with Crippen LogP contribution in [0.2, 0.25) is 0 Å². The summed E-state index contributed by atoms with van der Waals surface area (Å²) in [6.07, 6.45) is 0.540. The Morgan fingerprint density at radius 1 is 1.26 bits per heavy atom. The Kier molecular flexibility index (Phi) is 5.39. The van der Waals surface area contributed by atoms with Gasteiger partial charge in [-0.25, -0.2) is 17.2 Å². The van der Waals surface area contributed by atoms with E-state index in [2.05, 4.69) is 0 Å². The van der Waals surface area contributed by atoms with Crippen molar-refractivity contribution in [1.29, 1.82) is 0 Å². The molecule has 0 spiro atoms. The lowest BCUT2D eigenvalue weighted by Crippen LogP contribution is -2.40. The number of hydrogen-bond acceptors (Lipinski definition) is 3. The number of amides is 1. The van der Waals surface area contributed by atoms with Gasteiger partial charge in [-0.3, -0.25) is 9.52 Å². The number of benzene rings is 1. The van der Waals surface area contributed by atoms with Crippen LogP contribution in [0.3, 0.4) is 0 Å². The molecule has 0 aliphatic heterocycles. The van der Waals surface area contributed by atoms with E-state index in [4.69, 9.17) is 0 Å². The highest BCUT2D eigenvalue weighted by Gasteiger charge is 2.39. The van der Waals surface area contributed by atoms with Crippen LogP contribution >= 0.6 is 0 Å². The Hall–Kier alpha value is -1.50. The minimum Gasteiger partial charge on any atom is -0.274 e. The Balaban J connectivity index is 1.98. The number of carbonyl (C=O) groups is 1. The molecule has 1 aliphatic rings. The third-order valence-corrected chi connectivity index (χ3v) is 5.28. The maximum atomic E-state index is 13.3. The summed E-state index contributed by atoms with van der Waals surface area (Å²) in [5.41, 5.74) is 1.64. The number of halogens is 2. The number of nitrogens with one attached hydrogen (secondary N) is 1. The molecule has 7 heteroatoms. The SMILES string of the molecule is CCc1ccc(CS(=O)(=O)NC(=O)[C@H]2CCCC(F)(F)C2)cc1. The number of aryl methyl sites for hydroxylation is 1. The maximum absolute atomic E-state index is 13.3. The Morgan fingerprint density at radius 3 is 2.43 bits per heavy atom. The van der Waals surface area contributed by atoms with Crippen molar-refractivity contribution in [2.75, 3.05) is 0 Å². The molecular formula is C16H21F2NO3S. The number of hydrogen-bond donors (Lipinski definition) is 1. The highest BCUT2D eigenvalue weighted by molar-refractivity contribution is 7.89. The fourth-order valence-corrected chi connectivity index (χ4v) is 3.94. The van der Waals surface area contributed by atoms with E-state index in [1.54, 1.807) is 12.1 Å². The van der Waals surface area contributed by atoms with Gasteiger partial charge in [0, 0.05) is 18.8 Å². The molecule has 1 aromatic rings. The summed E-state index contributed by atoms with van der Waals surface area (Å²) in [5.74, 6) is -5.00. The van der Waals surface area contributed by atoms with E-state index < -0.39 is 34.2 Å². The Labute approximate surface area is 135 Å². The van der Waals surface area contributed by atoms with E-state index in [0.717, 1.165) is 12.0 Å². The second-order valence-electron chi connectivity index (χ2n) is 6.04. The van der Waals surface area contributed by atoms with Crippen LogP contribution < -0.4 is 4.72 Å². The number of alkyl halides is 2. The topological polar surface area (TPSA) is 63.2 Å². The molecule has 23 heavy (non-hydrogen) atoms. The number of carbonyl (C=O) groups excluding carboxylic acids is 1. The first-order valence-corrected chi connectivity index (χ1v) is 9.36. The normalized spacial score (nSPS) is 20.9. The van der Waals surface area contributed by atoms with Crippen molar-refractivity contribution in [2.24, 2.45) is 5.92 Å². The molecular weight excluding hydrogens is 324 g/mol. The molecule has 1 fully saturated rings. The maximum Gasteiger partial charge on any atom is 0.248 e. The first-order valence-electron chi connectivity index (χ1n) is 7.71. The van der Waals surface area contributed by atoms with Crippen LogP contribution in [0.5, 0.6) is 0 Å². The molecule has 0 unspecified atom stereocenters. The molecule has 1 aliphatic carbocycles. The highest BCUT2D eigenvalue weighted by atomic mass is 32.2. The van der Waals surface area contributed by atoms with Crippen LogP contribution in [0.15, 0.2) is 24.3 Å². The lowest BCUT2D eigenvalue weighted by molar-refractivity contribution is -0.130. The zero-order valence-electron chi connectivity index (χ0n) is 13.0. The molecule has 1 amide bonds. The van der Waals surface area contributed by atoms with Crippen molar-refractivity contribution in [3.63, 3.8) is 0 Å². The molecule has 0 radical (unpaired) electrons. The van der Waals surface area contributed by atoms with Gasteiger partial charge in [-0.05, 0) is 30.4 Å². The van der Waals surface area contributed by atoms with Gasteiger partial charge in [0.05, 0.1) is 5.75 Å². The summed E-state index contributed by atoms with van der Waals surface area (Å²) in [6, 6.07) is 7.04. The van der Waals surface area contributed by atoms with Crippen LogP contribution in [-0.2, 0) is 27.0 Å². The second-order valence-corrected chi connectivity index (χ2v) is 7.77. The first-order chi connectivity index (χ1) is 10.7. The molecule has 4 nitrogen and oxygen atoms in total. The zero-order chi connectivity index (χ0) is 17.1. The smallest absolute Gasteiger partial charge is 0.248 e. The van der Waals surface area contributed by atoms with Gasteiger partial charge in [0.15, 0.2) is 0 Å². The standard InChI is InChI=1S/C16H21F2NO3S/c1-2-12-5-7-13(8-6-12)11-23(21,22)19-15(20)14-4-3-9-16(17,18)10-14/h5-8,14H,2-4,9-11H2,1H3,(H,19,20)/t14-/m0/s1. The van der Waals surface area contributed by atoms with Gasteiger partial charge in [0.2, 0.25) is 21.9 Å². The van der Waals surface area contributed by atoms with Gasteiger partial charge in [-0.2, -0.15) is 0 Å². The molecule has 1 N–H and O–H groups in total. The molecule has 0 aromatic heterocycles. The third-order valence-electron chi connectivity index (χ3n) is 4.05. The fourth-order valence-electron chi connectivity index (χ4n) is 2.76. The van der Waals surface area contributed by atoms with Crippen LogP contribution in [-0.4, -0.2) is 20.2 Å². The largest absolute Gasteiger partial charge is 0.274 e. The van der Waals surface area contributed by atoms with E-state index in [9.17, 15) is 22.0 Å². The molecule has 1 aromatic carbocycles. The summed E-state index contributed by atoms with van der Waals surface area (Å²) < 4.78 is 52.7. The van der Waals surface area contributed by atoms with Crippen LogP contribution in [0.1, 0.15) is 43.7 Å². The monoisotopic (exact) mass is 345 g/mol. The minimum atomic E-state index is -3.88. The summed E-state index contributed by atoms with van der Waals surface area (Å²) in [5, 5.41) is 0. The summed E-state index contributed by atoms with van der Waals surface area (Å²) in [4.78, 5) is 12.0. The highest BCUT2D eigenvalue weighted by Crippen LogP contribution is 2.36. The van der Waals surface area contributed by atoms with Crippen molar-refractivity contribution in [1.82, 2.24) is 4.72 Å². The molecule has 0 heterocycles. The number of sulfonamides is 1. The average Bonchev–Trinajstić information content (AvgIpc) is 2.46. The Bertz CT molecular complexity index is 656. The average molecular weight is 345 g/mol.